The van der Waals surface area contributed by atoms with Gasteiger partial charge in [-0.05, 0) is 63.1 Å². The molecule has 2 heterocycles. The molecule has 6 nitrogen and oxygen atoms in total. The lowest BCUT2D eigenvalue weighted by Gasteiger charge is -2.34. The molecule has 2 aliphatic rings. The van der Waals surface area contributed by atoms with Crippen molar-refractivity contribution < 1.29 is 4.74 Å². The van der Waals surface area contributed by atoms with Crippen molar-refractivity contribution in [2.45, 2.75) is 31.8 Å². The number of nitrogens with zero attached hydrogens (tertiary/aromatic N) is 4. The maximum absolute atomic E-state index is 6.26. The Morgan fingerprint density at radius 3 is 2.50 bits per heavy atom. The second-order valence-corrected chi connectivity index (χ2v) is 8.37. The zero-order chi connectivity index (χ0) is 20.3. The normalized spacial score (nSPS) is 18.1. The molecule has 1 saturated heterocycles. The topological polar surface area (TPSA) is 53.5 Å². The maximum atomic E-state index is 6.26. The van der Waals surface area contributed by atoms with E-state index in [1.807, 2.05) is 24.4 Å². The number of anilines is 3. The molecule has 0 spiro atoms. The summed E-state index contributed by atoms with van der Waals surface area (Å²) < 4.78 is 6.26. The van der Waals surface area contributed by atoms with Gasteiger partial charge >= 0.3 is 0 Å². The van der Waals surface area contributed by atoms with Gasteiger partial charge in [0.2, 0.25) is 5.95 Å². The second kappa shape index (κ2) is 8.48. The third-order valence-corrected chi connectivity index (χ3v) is 6.16. The highest BCUT2D eigenvalue weighted by molar-refractivity contribution is 5.85. The summed E-state index contributed by atoms with van der Waals surface area (Å²) in [5, 5.41) is 4.35. The maximum Gasteiger partial charge on any atom is 0.227 e. The van der Waals surface area contributed by atoms with Gasteiger partial charge in [-0.15, -0.1) is 0 Å². The number of hydrogen-bond donors (Lipinski definition) is 1. The molecule has 1 N–H and O–H groups in total. The van der Waals surface area contributed by atoms with Crippen molar-refractivity contribution >= 4 is 28.2 Å². The molecule has 0 radical (unpaired) electrons. The zero-order valence-electron chi connectivity index (χ0n) is 17.6. The Bertz CT molecular complexity index is 992. The SMILES string of the molecule is CN1CCN(c2ccc(Nc3ncc4cccc(OC5CCCC5)c4n3)cc2)CC1. The van der Waals surface area contributed by atoms with Gasteiger partial charge in [0.25, 0.3) is 0 Å². The van der Waals surface area contributed by atoms with E-state index in [2.05, 4.69) is 51.4 Å². The molecule has 0 unspecified atom stereocenters. The minimum absolute atomic E-state index is 0.309. The lowest BCUT2D eigenvalue weighted by molar-refractivity contribution is 0.212. The van der Waals surface area contributed by atoms with Crippen molar-refractivity contribution in [2.24, 2.45) is 0 Å². The predicted molar refractivity (Wildman–Crippen MR) is 122 cm³/mol. The van der Waals surface area contributed by atoms with E-state index in [-0.39, 0.29) is 0 Å². The number of rotatable bonds is 5. The molecular formula is C24H29N5O. The Kier molecular flexibility index (Phi) is 5.41. The van der Waals surface area contributed by atoms with Crippen LogP contribution in [-0.2, 0) is 0 Å². The Hall–Kier alpha value is -2.86. The summed E-state index contributed by atoms with van der Waals surface area (Å²) in [6, 6.07) is 14.6. The molecule has 2 aromatic carbocycles. The number of piperazine rings is 1. The van der Waals surface area contributed by atoms with Crippen LogP contribution < -0.4 is 15.0 Å². The van der Waals surface area contributed by atoms with Crippen molar-refractivity contribution in [1.29, 1.82) is 0 Å². The minimum Gasteiger partial charge on any atom is -0.488 e. The summed E-state index contributed by atoms with van der Waals surface area (Å²) in [5.41, 5.74) is 3.12. The first-order chi connectivity index (χ1) is 14.7. The number of ether oxygens (including phenoxy) is 1. The van der Waals surface area contributed by atoms with E-state index >= 15 is 0 Å². The Morgan fingerprint density at radius 2 is 1.73 bits per heavy atom. The van der Waals surface area contributed by atoms with Gasteiger partial charge in [-0.2, -0.15) is 0 Å². The summed E-state index contributed by atoms with van der Waals surface area (Å²) >= 11 is 0. The van der Waals surface area contributed by atoms with Crippen molar-refractivity contribution in [3.05, 3.63) is 48.7 Å². The summed E-state index contributed by atoms with van der Waals surface area (Å²) in [4.78, 5) is 14.1. The molecule has 1 aromatic heterocycles. The van der Waals surface area contributed by atoms with Crippen molar-refractivity contribution in [3.8, 4) is 5.75 Å². The number of likely N-dealkylation sites (N-methyl/N-ethyl adjacent to an activating group) is 1. The first-order valence-electron chi connectivity index (χ1n) is 11.0. The average Bonchev–Trinajstić information content (AvgIpc) is 3.29. The van der Waals surface area contributed by atoms with Crippen LogP contribution >= 0.6 is 0 Å². The number of hydrogen-bond acceptors (Lipinski definition) is 6. The average molecular weight is 404 g/mol. The number of para-hydroxylation sites is 1. The largest absolute Gasteiger partial charge is 0.488 e. The van der Waals surface area contributed by atoms with Crippen LogP contribution in [0.3, 0.4) is 0 Å². The molecule has 2 fully saturated rings. The van der Waals surface area contributed by atoms with E-state index in [1.54, 1.807) is 0 Å². The van der Waals surface area contributed by atoms with Gasteiger partial charge in [-0.1, -0.05) is 12.1 Å². The molecule has 156 valence electrons. The molecule has 6 heteroatoms. The van der Waals surface area contributed by atoms with Crippen LogP contribution in [-0.4, -0.2) is 54.2 Å². The summed E-state index contributed by atoms with van der Waals surface area (Å²) in [5.74, 6) is 1.45. The number of fused-ring (bicyclic) bond motifs is 1. The highest BCUT2D eigenvalue weighted by Crippen LogP contribution is 2.30. The lowest BCUT2D eigenvalue weighted by Crippen LogP contribution is -2.44. The van der Waals surface area contributed by atoms with Crippen LogP contribution in [0.15, 0.2) is 48.7 Å². The monoisotopic (exact) mass is 403 g/mol. The van der Waals surface area contributed by atoms with Crippen LogP contribution in [0.4, 0.5) is 17.3 Å². The van der Waals surface area contributed by atoms with Crippen molar-refractivity contribution in [3.63, 3.8) is 0 Å². The molecule has 1 aliphatic carbocycles. The summed E-state index contributed by atoms with van der Waals surface area (Å²) in [6.45, 7) is 4.36. The Balaban J connectivity index is 1.32. The molecule has 0 amide bonds. The van der Waals surface area contributed by atoms with Gasteiger partial charge in [0.05, 0.1) is 6.10 Å². The van der Waals surface area contributed by atoms with Gasteiger partial charge in [-0.3, -0.25) is 0 Å². The van der Waals surface area contributed by atoms with Crippen LogP contribution in [0.5, 0.6) is 5.75 Å². The van der Waals surface area contributed by atoms with Crippen molar-refractivity contribution in [2.75, 3.05) is 43.4 Å². The van der Waals surface area contributed by atoms with E-state index < -0.39 is 0 Å². The summed E-state index contributed by atoms with van der Waals surface area (Å²) in [7, 11) is 2.18. The first-order valence-corrected chi connectivity index (χ1v) is 11.0. The van der Waals surface area contributed by atoms with Crippen molar-refractivity contribution in [1.82, 2.24) is 14.9 Å². The fourth-order valence-electron chi connectivity index (χ4n) is 4.32. The lowest BCUT2D eigenvalue weighted by atomic mass is 10.2. The second-order valence-electron chi connectivity index (χ2n) is 8.37. The molecule has 1 saturated carbocycles. The Labute approximate surface area is 177 Å². The summed E-state index contributed by atoms with van der Waals surface area (Å²) in [6.07, 6.45) is 6.94. The molecule has 5 rings (SSSR count). The number of aromatic nitrogens is 2. The van der Waals surface area contributed by atoms with Gasteiger partial charge in [0.15, 0.2) is 0 Å². The van der Waals surface area contributed by atoms with Gasteiger partial charge in [0, 0.05) is 49.1 Å². The first kappa shape index (κ1) is 19.1. The third-order valence-electron chi connectivity index (χ3n) is 6.16. The molecule has 30 heavy (non-hydrogen) atoms. The smallest absolute Gasteiger partial charge is 0.227 e. The van der Waals surface area contributed by atoms with E-state index in [9.17, 15) is 0 Å². The molecule has 3 aromatic rings. The number of nitrogens with one attached hydrogen (secondary N) is 1. The molecular weight excluding hydrogens is 374 g/mol. The molecule has 1 aliphatic heterocycles. The van der Waals surface area contributed by atoms with E-state index in [0.29, 0.717) is 12.1 Å². The number of benzene rings is 2. The van der Waals surface area contributed by atoms with Crippen LogP contribution in [0.2, 0.25) is 0 Å². The predicted octanol–water partition coefficient (Wildman–Crippen LogP) is 4.45. The highest BCUT2D eigenvalue weighted by atomic mass is 16.5. The Morgan fingerprint density at radius 1 is 0.967 bits per heavy atom. The van der Waals surface area contributed by atoms with E-state index in [1.165, 1.54) is 18.5 Å². The van der Waals surface area contributed by atoms with Crippen LogP contribution in [0.1, 0.15) is 25.7 Å². The zero-order valence-corrected chi connectivity index (χ0v) is 17.6. The van der Waals surface area contributed by atoms with Gasteiger partial charge < -0.3 is 19.9 Å². The quantitative estimate of drug-likeness (QED) is 0.679. The van der Waals surface area contributed by atoms with E-state index in [4.69, 9.17) is 9.72 Å². The highest BCUT2D eigenvalue weighted by Gasteiger charge is 2.18. The molecule has 0 atom stereocenters. The van der Waals surface area contributed by atoms with Crippen LogP contribution in [0, 0.1) is 0 Å². The molecule has 0 bridgehead atoms. The fourth-order valence-corrected chi connectivity index (χ4v) is 4.32. The van der Waals surface area contributed by atoms with Gasteiger partial charge in [-0.25, -0.2) is 9.97 Å². The van der Waals surface area contributed by atoms with E-state index in [0.717, 1.165) is 61.4 Å². The van der Waals surface area contributed by atoms with Gasteiger partial charge in [0.1, 0.15) is 11.3 Å². The third kappa shape index (κ3) is 4.19. The fraction of sp³-hybridized carbons (Fsp3) is 0.417. The minimum atomic E-state index is 0.309. The van der Waals surface area contributed by atoms with Crippen LogP contribution in [0.25, 0.3) is 10.9 Å². The standard InChI is InChI=1S/C24H29N5O/c1-28-13-15-29(16-14-28)20-11-9-19(10-12-20)26-24-25-17-18-5-4-8-22(23(18)27-24)30-21-6-2-3-7-21/h4-5,8-12,17,21H,2-3,6-7,13-16H2,1H3,(H,25,26,27).